The number of hydrogen-bond donors (Lipinski definition) is 2. The molecular formula is C13H18N4. The van der Waals surface area contributed by atoms with Crippen molar-refractivity contribution in [3.63, 3.8) is 0 Å². The van der Waals surface area contributed by atoms with Gasteiger partial charge in [-0.15, -0.1) is 0 Å². The second kappa shape index (κ2) is 4.13. The Morgan fingerprint density at radius 2 is 1.88 bits per heavy atom. The summed E-state index contributed by atoms with van der Waals surface area (Å²) in [7, 11) is 4.10. The van der Waals surface area contributed by atoms with E-state index in [1.165, 1.54) is 16.8 Å². The number of nitrogens with two attached hydrogens (primary N) is 1. The van der Waals surface area contributed by atoms with Crippen LogP contribution in [0.25, 0.3) is 11.3 Å². The molecule has 17 heavy (non-hydrogen) atoms. The van der Waals surface area contributed by atoms with Crippen molar-refractivity contribution in [1.82, 2.24) is 10.2 Å². The predicted molar refractivity (Wildman–Crippen MR) is 72.2 cm³/mol. The number of nitrogens with one attached hydrogen (secondary N) is 1. The Morgan fingerprint density at radius 3 is 2.41 bits per heavy atom. The van der Waals surface area contributed by atoms with E-state index in [0.717, 1.165) is 11.3 Å². The molecule has 0 spiro atoms. The Bertz CT molecular complexity index is 540. The Hall–Kier alpha value is -1.97. The lowest BCUT2D eigenvalue weighted by Gasteiger charge is -2.18. The second-order valence-electron chi connectivity index (χ2n) is 4.54. The van der Waals surface area contributed by atoms with Crippen LogP contribution in [0.4, 0.5) is 11.5 Å². The van der Waals surface area contributed by atoms with Gasteiger partial charge in [-0.2, -0.15) is 5.10 Å². The Morgan fingerprint density at radius 1 is 1.18 bits per heavy atom. The van der Waals surface area contributed by atoms with Crippen LogP contribution in [0.3, 0.4) is 0 Å². The Kier molecular flexibility index (Phi) is 2.79. The molecule has 0 amide bonds. The summed E-state index contributed by atoms with van der Waals surface area (Å²) < 4.78 is 0. The normalized spacial score (nSPS) is 10.6. The van der Waals surface area contributed by atoms with Crippen molar-refractivity contribution >= 4 is 11.5 Å². The zero-order valence-corrected chi connectivity index (χ0v) is 10.7. The van der Waals surface area contributed by atoms with Gasteiger partial charge in [0.15, 0.2) is 0 Å². The highest BCUT2D eigenvalue weighted by atomic mass is 15.2. The van der Waals surface area contributed by atoms with Crippen molar-refractivity contribution in [2.75, 3.05) is 24.7 Å². The number of nitrogen functional groups attached to an aromatic ring is 1. The minimum absolute atomic E-state index is 0.518. The molecule has 4 nitrogen and oxygen atoms in total. The van der Waals surface area contributed by atoms with Gasteiger partial charge in [-0.05, 0) is 37.1 Å². The molecule has 2 rings (SSSR count). The highest BCUT2D eigenvalue weighted by Crippen LogP contribution is 2.29. The van der Waals surface area contributed by atoms with Crippen LogP contribution >= 0.6 is 0 Å². The number of aromatic nitrogens is 2. The molecule has 0 saturated heterocycles. The van der Waals surface area contributed by atoms with E-state index in [1.807, 2.05) is 20.2 Å². The molecule has 0 aliphatic carbocycles. The summed E-state index contributed by atoms with van der Waals surface area (Å²) in [5.41, 5.74) is 11.5. The lowest BCUT2D eigenvalue weighted by Crippen LogP contribution is -2.11. The maximum atomic E-state index is 5.63. The van der Waals surface area contributed by atoms with Gasteiger partial charge in [-0.1, -0.05) is 0 Å². The van der Waals surface area contributed by atoms with E-state index in [2.05, 4.69) is 41.1 Å². The van der Waals surface area contributed by atoms with Gasteiger partial charge in [-0.25, -0.2) is 0 Å². The number of aryl methyl sites for hydroxylation is 1. The first-order valence-corrected chi connectivity index (χ1v) is 5.59. The summed E-state index contributed by atoms with van der Waals surface area (Å²) >= 11 is 0. The summed E-state index contributed by atoms with van der Waals surface area (Å²) in [5.74, 6) is 0.518. The molecule has 0 aliphatic heterocycles. The van der Waals surface area contributed by atoms with E-state index in [4.69, 9.17) is 5.73 Å². The fourth-order valence-corrected chi connectivity index (χ4v) is 1.95. The summed E-state index contributed by atoms with van der Waals surface area (Å²) in [6, 6.07) is 6.15. The van der Waals surface area contributed by atoms with Gasteiger partial charge in [-0.3, -0.25) is 5.10 Å². The Balaban J connectivity index is 2.56. The number of hydrogen-bond acceptors (Lipinski definition) is 3. The van der Waals surface area contributed by atoms with Gasteiger partial charge >= 0.3 is 0 Å². The SMILES string of the molecule is Cc1cc(-c2cc(N)n[nH]2)cc(N(C)C)c1C. The van der Waals surface area contributed by atoms with Crippen LogP contribution in [0.5, 0.6) is 0 Å². The molecular weight excluding hydrogens is 212 g/mol. The van der Waals surface area contributed by atoms with Crippen molar-refractivity contribution in [1.29, 1.82) is 0 Å². The minimum Gasteiger partial charge on any atom is -0.382 e. The molecule has 1 aromatic heterocycles. The molecule has 4 heteroatoms. The molecule has 1 aromatic carbocycles. The number of aromatic amines is 1. The molecule has 3 N–H and O–H groups in total. The molecule has 0 atom stereocenters. The monoisotopic (exact) mass is 230 g/mol. The quantitative estimate of drug-likeness (QED) is 0.832. The summed E-state index contributed by atoms with van der Waals surface area (Å²) in [6.45, 7) is 4.25. The first kappa shape index (κ1) is 11.5. The molecule has 2 aromatic rings. The maximum absolute atomic E-state index is 5.63. The Labute approximate surface area is 101 Å². The average molecular weight is 230 g/mol. The van der Waals surface area contributed by atoms with Crippen molar-refractivity contribution in [2.45, 2.75) is 13.8 Å². The first-order chi connectivity index (χ1) is 7.99. The smallest absolute Gasteiger partial charge is 0.145 e. The molecule has 0 aliphatic rings. The highest BCUT2D eigenvalue weighted by Gasteiger charge is 2.09. The van der Waals surface area contributed by atoms with Gasteiger partial charge in [0.05, 0.1) is 5.69 Å². The van der Waals surface area contributed by atoms with Crippen LogP contribution in [0, 0.1) is 13.8 Å². The standard InChI is InChI=1S/C13H18N4/c1-8-5-10(11-7-13(14)16-15-11)6-12(9(8)2)17(3)4/h5-7H,1-4H3,(H3,14,15,16). The molecule has 90 valence electrons. The topological polar surface area (TPSA) is 57.9 Å². The number of benzene rings is 1. The predicted octanol–water partition coefficient (Wildman–Crippen LogP) is 2.34. The third-order valence-corrected chi connectivity index (χ3v) is 3.03. The summed E-state index contributed by atoms with van der Waals surface area (Å²) in [5, 5.41) is 6.90. The van der Waals surface area contributed by atoms with E-state index in [-0.39, 0.29) is 0 Å². The molecule has 1 heterocycles. The fraction of sp³-hybridized carbons (Fsp3) is 0.308. The lowest BCUT2D eigenvalue weighted by molar-refractivity contribution is 1.09. The number of anilines is 2. The van der Waals surface area contributed by atoms with Crippen LogP contribution in [-0.2, 0) is 0 Å². The molecule has 0 radical (unpaired) electrons. The lowest BCUT2D eigenvalue weighted by atomic mass is 10.0. The van der Waals surface area contributed by atoms with E-state index in [9.17, 15) is 0 Å². The number of rotatable bonds is 2. The van der Waals surface area contributed by atoms with Crippen LogP contribution in [0.15, 0.2) is 18.2 Å². The van der Waals surface area contributed by atoms with Gasteiger partial charge < -0.3 is 10.6 Å². The van der Waals surface area contributed by atoms with Gasteiger partial charge in [0.1, 0.15) is 5.82 Å². The van der Waals surface area contributed by atoms with E-state index in [0.29, 0.717) is 5.82 Å². The third-order valence-electron chi connectivity index (χ3n) is 3.03. The largest absolute Gasteiger partial charge is 0.382 e. The summed E-state index contributed by atoms with van der Waals surface area (Å²) in [4.78, 5) is 2.12. The van der Waals surface area contributed by atoms with E-state index in [1.54, 1.807) is 0 Å². The second-order valence-corrected chi connectivity index (χ2v) is 4.54. The fourth-order valence-electron chi connectivity index (χ4n) is 1.95. The molecule has 0 unspecified atom stereocenters. The van der Waals surface area contributed by atoms with Crippen molar-refractivity contribution < 1.29 is 0 Å². The first-order valence-electron chi connectivity index (χ1n) is 5.59. The van der Waals surface area contributed by atoms with E-state index < -0.39 is 0 Å². The zero-order chi connectivity index (χ0) is 12.6. The van der Waals surface area contributed by atoms with Crippen LogP contribution in [0.2, 0.25) is 0 Å². The van der Waals surface area contributed by atoms with Crippen LogP contribution < -0.4 is 10.6 Å². The third kappa shape index (κ3) is 2.11. The van der Waals surface area contributed by atoms with Crippen molar-refractivity contribution in [3.8, 4) is 11.3 Å². The average Bonchev–Trinajstić information content (AvgIpc) is 2.68. The van der Waals surface area contributed by atoms with Crippen LogP contribution in [-0.4, -0.2) is 24.3 Å². The van der Waals surface area contributed by atoms with Crippen molar-refractivity contribution in [2.24, 2.45) is 0 Å². The molecule has 0 bridgehead atoms. The minimum atomic E-state index is 0.518. The van der Waals surface area contributed by atoms with Gasteiger partial charge in [0.2, 0.25) is 0 Å². The zero-order valence-electron chi connectivity index (χ0n) is 10.7. The number of H-pyrrole nitrogens is 1. The number of nitrogens with zero attached hydrogens (tertiary/aromatic N) is 2. The molecule has 0 saturated carbocycles. The van der Waals surface area contributed by atoms with E-state index >= 15 is 0 Å². The van der Waals surface area contributed by atoms with Crippen molar-refractivity contribution in [3.05, 3.63) is 29.3 Å². The highest BCUT2D eigenvalue weighted by molar-refractivity contribution is 5.71. The summed E-state index contributed by atoms with van der Waals surface area (Å²) in [6.07, 6.45) is 0. The van der Waals surface area contributed by atoms with Crippen LogP contribution in [0.1, 0.15) is 11.1 Å². The van der Waals surface area contributed by atoms with Gasteiger partial charge in [0.25, 0.3) is 0 Å². The molecule has 0 fully saturated rings. The van der Waals surface area contributed by atoms with Gasteiger partial charge in [0, 0.05) is 31.4 Å². The maximum Gasteiger partial charge on any atom is 0.145 e.